The molecule has 0 radical (unpaired) electrons. The van der Waals surface area contributed by atoms with Gasteiger partial charge < -0.3 is 5.32 Å². The molecule has 8 heteroatoms. The SMILES string of the molecule is CC(C)Cn1c(SCc2ccc(F)cc2Cl)nc2cc(C(=O)NC(C)C)ccc2c1=O. The number of nitrogens with one attached hydrogen (secondary N) is 1. The predicted molar refractivity (Wildman–Crippen MR) is 124 cm³/mol. The Morgan fingerprint density at radius 2 is 1.94 bits per heavy atom. The normalized spacial score (nSPS) is 11.5. The number of halogens is 2. The molecule has 3 aromatic rings. The van der Waals surface area contributed by atoms with Gasteiger partial charge in [-0.1, -0.05) is 43.3 Å². The molecular formula is C23H25ClFN3O2S. The van der Waals surface area contributed by atoms with Gasteiger partial charge >= 0.3 is 0 Å². The average Bonchev–Trinajstić information content (AvgIpc) is 2.68. The Labute approximate surface area is 190 Å². The van der Waals surface area contributed by atoms with Gasteiger partial charge in [-0.2, -0.15) is 0 Å². The van der Waals surface area contributed by atoms with E-state index in [9.17, 15) is 14.0 Å². The van der Waals surface area contributed by atoms with Gasteiger partial charge in [0.1, 0.15) is 5.82 Å². The van der Waals surface area contributed by atoms with Crippen LogP contribution in [0.2, 0.25) is 5.02 Å². The van der Waals surface area contributed by atoms with Gasteiger partial charge in [-0.3, -0.25) is 14.2 Å². The summed E-state index contributed by atoms with van der Waals surface area (Å²) in [4.78, 5) is 30.3. The highest BCUT2D eigenvalue weighted by Crippen LogP contribution is 2.27. The molecule has 5 nitrogen and oxygen atoms in total. The van der Waals surface area contributed by atoms with E-state index in [0.717, 1.165) is 5.56 Å². The Morgan fingerprint density at radius 3 is 2.58 bits per heavy atom. The van der Waals surface area contributed by atoms with Gasteiger partial charge in [0.15, 0.2) is 5.16 Å². The van der Waals surface area contributed by atoms with Crippen molar-refractivity contribution in [2.75, 3.05) is 0 Å². The van der Waals surface area contributed by atoms with Crippen LogP contribution in [0.4, 0.5) is 4.39 Å². The van der Waals surface area contributed by atoms with Crippen LogP contribution in [-0.4, -0.2) is 21.5 Å². The average molecular weight is 462 g/mol. The van der Waals surface area contributed by atoms with Crippen LogP contribution in [0.1, 0.15) is 43.6 Å². The Hall–Kier alpha value is -2.38. The van der Waals surface area contributed by atoms with Crippen molar-refractivity contribution in [3.05, 3.63) is 68.7 Å². The quantitative estimate of drug-likeness (QED) is 0.384. The van der Waals surface area contributed by atoms with E-state index in [1.165, 1.54) is 23.9 Å². The van der Waals surface area contributed by atoms with Gasteiger partial charge in [-0.15, -0.1) is 0 Å². The van der Waals surface area contributed by atoms with E-state index in [1.807, 2.05) is 27.7 Å². The first kappa shape index (κ1) is 23.3. The van der Waals surface area contributed by atoms with E-state index in [-0.39, 0.29) is 23.4 Å². The lowest BCUT2D eigenvalue weighted by Gasteiger charge is -2.16. The fraction of sp³-hybridized carbons (Fsp3) is 0.348. The highest BCUT2D eigenvalue weighted by atomic mass is 35.5. The summed E-state index contributed by atoms with van der Waals surface area (Å²) in [5.41, 5.74) is 1.52. The Bertz CT molecular complexity index is 1180. The summed E-state index contributed by atoms with van der Waals surface area (Å²) in [6.07, 6.45) is 0. The lowest BCUT2D eigenvalue weighted by Crippen LogP contribution is -2.30. The van der Waals surface area contributed by atoms with Crippen molar-refractivity contribution in [2.45, 2.75) is 51.2 Å². The summed E-state index contributed by atoms with van der Waals surface area (Å²) >= 11 is 7.52. The standard InChI is InChI=1S/C23H25ClFN3O2S/c1-13(2)11-28-22(30)18-8-6-15(21(29)26-14(3)4)9-20(18)27-23(28)31-12-16-5-7-17(25)10-19(16)24/h5-10,13-14H,11-12H2,1-4H3,(H,26,29). The number of hydrogen-bond donors (Lipinski definition) is 1. The number of hydrogen-bond acceptors (Lipinski definition) is 4. The highest BCUT2D eigenvalue weighted by molar-refractivity contribution is 7.98. The third kappa shape index (κ3) is 5.66. The van der Waals surface area contributed by atoms with Crippen LogP contribution >= 0.6 is 23.4 Å². The number of rotatable bonds is 7. The van der Waals surface area contributed by atoms with Crippen LogP contribution in [0.5, 0.6) is 0 Å². The second-order valence-electron chi connectivity index (χ2n) is 8.09. The van der Waals surface area contributed by atoms with Crippen molar-refractivity contribution in [2.24, 2.45) is 5.92 Å². The number of carbonyl (C=O) groups is 1. The molecule has 1 N–H and O–H groups in total. The van der Waals surface area contributed by atoms with Crippen molar-refractivity contribution in [1.82, 2.24) is 14.9 Å². The monoisotopic (exact) mass is 461 g/mol. The number of carbonyl (C=O) groups excluding carboxylic acids is 1. The zero-order valence-corrected chi connectivity index (χ0v) is 19.5. The maximum absolute atomic E-state index is 13.3. The molecule has 0 fully saturated rings. The van der Waals surface area contributed by atoms with Crippen molar-refractivity contribution >= 4 is 40.2 Å². The van der Waals surface area contributed by atoms with Gasteiger partial charge in [0.05, 0.1) is 10.9 Å². The van der Waals surface area contributed by atoms with Crippen LogP contribution in [0.3, 0.4) is 0 Å². The molecule has 31 heavy (non-hydrogen) atoms. The number of benzene rings is 2. The summed E-state index contributed by atoms with van der Waals surface area (Å²) in [5.74, 6) is 0.0635. The molecule has 0 aliphatic rings. The first-order valence-corrected chi connectivity index (χ1v) is 11.4. The summed E-state index contributed by atoms with van der Waals surface area (Å²) < 4.78 is 15.0. The molecule has 1 aromatic heterocycles. The largest absolute Gasteiger partial charge is 0.350 e. The number of fused-ring (bicyclic) bond motifs is 1. The van der Waals surface area contributed by atoms with Crippen molar-refractivity contribution in [3.63, 3.8) is 0 Å². The van der Waals surface area contributed by atoms with Crippen molar-refractivity contribution in [3.8, 4) is 0 Å². The molecule has 164 valence electrons. The van der Waals surface area contributed by atoms with Crippen molar-refractivity contribution in [1.29, 1.82) is 0 Å². The molecule has 0 atom stereocenters. The van der Waals surface area contributed by atoms with Crippen LogP contribution < -0.4 is 10.9 Å². The minimum absolute atomic E-state index is 0.00164. The van der Waals surface area contributed by atoms with Gasteiger partial charge in [-0.05, 0) is 55.7 Å². The van der Waals surface area contributed by atoms with Crippen LogP contribution in [0.25, 0.3) is 10.9 Å². The molecule has 1 heterocycles. The fourth-order valence-electron chi connectivity index (χ4n) is 3.10. The van der Waals surface area contributed by atoms with Gasteiger partial charge in [-0.25, -0.2) is 9.37 Å². The second kappa shape index (κ2) is 9.83. The summed E-state index contributed by atoms with van der Waals surface area (Å²) in [7, 11) is 0. The van der Waals surface area contributed by atoms with Crippen LogP contribution in [-0.2, 0) is 12.3 Å². The summed E-state index contributed by atoms with van der Waals surface area (Å²) in [6, 6.07) is 9.20. The maximum atomic E-state index is 13.3. The topological polar surface area (TPSA) is 64.0 Å². The molecule has 1 amide bonds. The summed E-state index contributed by atoms with van der Waals surface area (Å²) in [6.45, 7) is 8.34. The number of nitrogens with zero attached hydrogens (tertiary/aromatic N) is 2. The van der Waals surface area contributed by atoms with Gasteiger partial charge in [0.25, 0.3) is 11.5 Å². The second-order valence-corrected chi connectivity index (χ2v) is 9.44. The van der Waals surface area contributed by atoms with E-state index >= 15 is 0 Å². The minimum atomic E-state index is -0.397. The van der Waals surface area contributed by atoms with E-state index in [1.54, 1.807) is 28.8 Å². The maximum Gasteiger partial charge on any atom is 0.262 e. The Kier molecular flexibility index (Phi) is 7.38. The molecule has 3 rings (SSSR count). The van der Waals surface area contributed by atoms with Gasteiger partial charge in [0, 0.05) is 28.9 Å². The molecule has 0 saturated carbocycles. The Morgan fingerprint density at radius 1 is 1.19 bits per heavy atom. The molecule has 0 bridgehead atoms. The first-order chi connectivity index (χ1) is 14.7. The third-order valence-corrected chi connectivity index (χ3v) is 5.90. The zero-order valence-electron chi connectivity index (χ0n) is 17.9. The first-order valence-electron chi connectivity index (χ1n) is 10.1. The molecule has 0 aliphatic carbocycles. The summed E-state index contributed by atoms with van der Waals surface area (Å²) in [5, 5.41) is 4.18. The number of aromatic nitrogens is 2. The smallest absolute Gasteiger partial charge is 0.262 e. The highest BCUT2D eigenvalue weighted by Gasteiger charge is 2.16. The van der Waals surface area contributed by atoms with Crippen LogP contribution in [0.15, 0.2) is 46.3 Å². The molecule has 0 spiro atoms. The lowest BCUT2D eigenvalue weighted by molar-refractivity contribution is 0.0943. The Balaban J connectivity index is 2.03. The zero-order chi connectivity index (χ0) is 22.7. The predicted octanol–water partition coefficient (Wildman–Crippen LogP) is 5.28. The van der Waals surface area contributed by atoms with Crippen molar-refractivity contribution < 1.29 is 9.18 Å². The molecule has 2 aromatic carbocycles. The fourth-order valence-corrected chi connectivity index (χ4v) is 4.43. The molecule has 0 saturated heterocycles. The van der Waals surface area contributed by atoms with Crippen LogP contribution in [0, 0.1) is 11.7 Å². The lowest BCUT2D eigenvalue weighted by atomic mass is 10.1. The van der Waals surface area contributed by atoms with Gasteiger partial charge in [0.2, 0.25) is 0 Å². The number of thioether (sulfide) groups is 1. The minimum Gasteiger partial charge on any atom is -0.350 e. The van der Waals surface area contributed by atoms with E-state index in [4.69, 9.17) is 16.6 Å². The molecule has 0 unspecified atom stereocenters. The molecular weight excluding hydrogens is 437 g/mol. The van der Waals surface area contributed by atoms with E-state index in [0.29, 0.717) is 38.9 Å². The third-order valence-electron chi connectivity index (χ3n) is 4.52. The molecule has 0 aliphatic heterocycles. The number of amides is 1. The van der Waals surface area contributed by atoms with E-state index < -0.39 is 5.82 Å². The van der Waals surface area contributed by atoms with E-state index in [2.05, 4.69) is 5.32 Å².